The highest BCUT2D eigenvalue weighted by Crippen LogP contribution is 2.17. The van der Waals surface area contributed by atoms with Crippen molar-refractivity contribution in [2.45, 2.75) is 110 Å². The fourth-order valence-electron chi connectivity index (χ4n) is 4.25. The van der Waals surface area contributed by atoms with Crippen molar-refractivity contribution in [1.82, 2.24) is 5.43 Å². The van der Waals surface area contributed by atoms with Crippen molar-refractivity contribution in [3.8, 4) is 0 Å². The molecule has 0 aliphatic heterocycles. The van der Waals surface area contributed by atoms with Crippen molar-refractivity contribution in [3.63, 3.8) is 0 Å². The van der Waals surface area contributed by atoms with E-state index in [1.807, 2.05) is 24.3 Å². The molecule has 0 bridgehead atoms. The highest BCUT2D eigenvalue weighted by molar-refractivity contribution is 5.99. The Balaban J connectivity index is 1.41. The third kappa shape index (κ3) is 11.5. The Kier molecular flexibility index (Phi) is 14.2. The second-order valence-corrected chi connectivity index (χ2v) is 9.06. The summed E-state index contributed by atoms with van der Waals surface area (Å²) in [6.07, 6.45) is 22.4. The largest absolute Gasteiger partial charge is 0.273 e. The molecule has 2 aromatic carbocycles. The Morgan fingerprint density at radius 3 is 1.88 bits per heavy atom. The maximum absolute atomic E-state index is 12.0. The van der Waals surface area contributed by atoms with Gasteiger partial charge in [-0.1, -0.05) is 139 Å². The summed E-state index contributed by atoms with van der Waals surface area (Å²) in [4.78, 5) is 12.0. The molecule has 0 saturated carbocycles. The van der Waals surface area contributed by atoms with Crippen LogP contribution in [0.25, 0.3) is 10.8 Å². The molecule has 2 aromatic rings. The fraction of sp³-hybridized carbons (Fsp3) is 0.586. The highest BCUT2D eigenvalue weighted by atomic mass is 16.2. The maximum Gasteiger partial charge on any atom is 0.240 e. The van der Waals surface area contributed by atoms with Gasteiger partial charge >= 0.3 is 0 Å². The van der Waals surface area contributed by atoms with E-state index in [-0.39, 0.29) is 5.91 Å². The molecule has 1 N–H and O–H groups in total. The summed E-state index contributed by atoms with van der Waals surface area (Å²) in [5, 5.41) is 6.49. The number of rotatable bonds is 18. The molecular formula is C29H44N2O. The van der Waals surface area contributed by atoms with E-state index in [0.717, 1.165) is 23.8 Å². The summed E-state index contributed by atoms with van der Waals surface area (Å²) in [6, 6.07) is 14.3. The minimum absolute atomic E-state index is 0.0104. The Labute approximate surface area is 196 Å². The van der Waals surface area contributed by atoms with Crippen LogP contribution in [0.5, 0.6) is 0 Å². The van der Waals surface area contributed by atoms with Crippen molar-refractivity contribution >= 4 is 22.9 Å². The average Bonchev–Trinajstić information content (AvgIpc) is 2.81. The molecule has 0 aliphatic rings. The van der Waals surface area contributed by atoms with E-state index < -0.39 is 0 Å². The van der Waals surface area contributed by atoms with Gasteiger partial charge in [-0.25, -0.2) is 5.43 Å². The van der Waals surface area contributed by atoms with E-state index >= 15 is 0 Å². The van der Waals surface area contributed by atoms with Gasteiger partial charge in [0.2, 0.25) is 5.91 Å². The molecule has 3 heteroatoms. The number of hydrazone groups is 1. The predicted molar refractivity (Wildman–Crippen MR) is 139 cm³/mol. The van der Waals surface area contributed by atoms with Gasteiger partial charge < -0.3 is 0 Å². The quantitative estimate of drug-likeness (QED) is 0.142. The molecule has 2 rings (SSSR count). The Morgan fingerprint density at radius 1 is 0.719 bits per heavy atom. The van der Waals surface area contributed by atoms with Crippen molar-refractivity contribution in [1.29, 1.82) is 0 Å². The second kappa shape index (κ2) is 17.4. The van der Waals surface area contributed by atoms with Gasteiger partial charge in [0.05, 0.1) is 6.21 Å². The van der Waals surface area contributed by atoms with Crippen LogP contribution in [0.3, 0.4) is 0 Å². The molecule has 32 heavy (non-hydrogen) atoms. The average molecular weight is 437 g/mol. The number of benzene rings is 2. The number of nitrogens with one attached hydrogen (secondary N) is 1. The molecule has 0 aliphatic carbocycles. The van der Waals surface area contributed by atoms with E-state index in [4.69, 9.17) is 0 Å². The van der Waals surface area contributed by atoms with Gasteiger partial charge in [-0.2, -0.15) is 5.10 Å². The molecule has 0 heterocycles. The van der Waals surface area contributed by atoms with Gasteiger partial charge in [0.1, 0.15) is 0 Å². The zero-order valence-electron chi connectivity index (χ0n) is 20.3. The van der Waals surface area contributed by atoms with Crippen LogP contribution in [0, 0.1) is 0 Å². The summed E-state index contributed by atoms with van der Waals surface area (Å²) in [6.45, 7) is 2.28. The van der Waals surface area contributed by atoms with E-state index in [1.165, 1.54) is 88.9 Å². The lowest BCUT2D eigenvalue weighted by molar-refractivity contribution is -0.121. The summed E-state index contributed by atoms with van der Waals surface area (Å²) < 4.78 is 0. The zero-order chi connectivity index (χ0) is 22.7. The van der Waals surface area contributed by atoms with Crippen molar-refractivity contribution in [3.05, 3.63) is 48.0 Å². The third-order valence-corrected chi connectivity index (χ3v) is 6.22. The molecule has 1 amide bonds. The standard InChI is InChI=1S/C29H44N2O/c1-2-3-4-5-6-7-8-9-10-11-12-13-14-15-16-24-29(32)31-30-25-27-22-19-21-26-20-17-18-23-28(26)27/h17-23,25H,2-16,24H2,1H3,(H,31,32). The van der Waals surface area contributed by atoms with Crippen molar-refractivity contribution in [2.75, 3.05) is 0 Å². The molecule has 0 unspecified atom stereocenters. The first kappa shape index (κ1) is 26.1. The smallest absolute Gasteiger partial charge is 0.240 e. The molecular weight excluding hydrogens is 392 g/mol. The summed E-state index contributed by atoms with van der Waals surface area (Å²) in [7, 11) is 0. The number of unbranched alkanes of at least 4 members (excludes halogenated alkanes) is 14. The van der Waals surface area contributed by atoms with Gasteiger partial charge in [0.15, 0.2) is 0 Å². The van der Waals surface area contributed by atoms with E-state index in [0.29, 0.717) is 6.42 Å². The van der Waals surface area contributed by atoms with E-state index in [2.05, 4.69) is 35.7 Å². The number of fused-ring (bicyclic) bond motifs is 1. The first-order valence-electron chi connectivity index (χ1n) is 13.1. The molecule has 0 fully saturated rings. The molecule has 0 saturated heterocycles. The SMILES string of the molecule is CCCCCCCCCCCCCCCCCC(=O)NN=Cc1cccc2ccccc12. The fourth-order valence-corrected chi connectivity index (χ4v) is 4.25. The lowest BCUT2D eigenvalue weighted by Gasteiger charge is -2.04. The molecule has 0 radical (unpaired) electrons. The second-order valence-electron chi connectivity index (χ2n) is 9.06. The number of hydrogen-bond donors (Lipinski definition) is 1. The Bertz CT molecular complexity index is 778. The van der Waals surface area contributed by atoms with Gasteiger partial charge in [-0.3, -0.25) is 4.79 Å². The summed E-state index contributed by atoms with van der Waals surface area (Å²) >= 11 is 0. The topological polar surface area (TPSA) is 41.5 Å². The molecule has 0 atom stereocenters. The van der Waals surface area contributed by atoms with Crippen LogP contribution in [0.4, 0.5) is 0 Å². The van der Waals surface area contributed by atoms with Crippen LogP contribution in [-0.4, -0.2) is 12.1 Å². The van der Waals surface area contributed by atoms with Crippen LogP contribution in [0.1, 0.15) is 115 Å². The van der Waals surface area contributed by atoms with E-state index in [1.54, 1.807) is 6.21 Å². The van der Waals surface area contributed by atoms with Crippen LogP contribution in [-0.2, 0) is 4.79 Å². The van der Waals surface area contributed by atoms with Crippen LogP contribution < -0.4 is 5.43 Å². The predicted octanol–water partition coefficient (Wildman–Crippen LogP) is 8.55. The van der Waals surface area contributed by atoms with Crippen LogP contribution >= 0.6 is 0 Å². The molecule has 0 spiro atoms. The molecule has 3 nitrogen and oxygen atoms in total. The number of amides is 1. The van der Waals surface area contributed by atoms with Gasteiger partial charge in [-0.15, -0.1) is 0 Å². The highest BCUT2D eigenvalue weighted by Gasteiger charge is 2.01. The number of nitrogens with zero attached hydrogens (tertiary/aromatic N) is 1. The lowest BCUT2D eigenvalue weighted by atomic mass is 10.0. The monoisotopic (exact) mass is 436 g/mol. The third-order valence-electron chi connectivity index (χ3n) is 6.22. The number of carbonyl (C=O) groups excluding carboxylic acids is 1. The minimum atomic E-state index is 0.0104. The Hall–Kier alpha value is -2.16. The zero-order valence-corrected chi connectivity index (χ0v) is 20.3. The van der Waals surface area contributed by atoms with Gasteiger partial charge in [0.25, 0.3) is 0 Å². The number of hydrogen-bond acceptors (Lipinski definition) is 2. The first-order chi connectivity index (χ1) is 15.8. The summed E-state index contributed by atoms with van der Waals surface area (Å²) in [5.74, 6) is 0.0104. The van der Waals surface area contributed by atoms with Gasteiger partial charge in [0, 0.05) is 12.0 Å². The minimum Gasteiger partial charge on any atom is -0.273 e. The van der Waals surface area contributed by atoms with Crippen LogP contribution in [0.15, 0.2) is 47.6 Å². The van der Waals surface area contributed by atoms with Crippen molar-refractivity contribution in [2.24, 2.45) is 5.10 Å². The summed E-state index contributed by atoms with van der Waals surface area (Å²) in [5.41, 5.74) is 3.70. The van der Waals surface area contributed by atoms with Gasteiger partial charge in [-0.05, 0) is 17.2 Å². The first-order valence-corrected chi connectivity index (χ1v) is 13.1. The lowest BCUT2D eigenvalue weighted by Crippen LogP contribution is -2.16. The van der Waals surface area contributed by atoms with Crippen LogP contribution in [0.2, 0.25) is 0 Å². The maximum atomic E-state index is 12.0. The normalized spacial score (nSPS) is 11.4. The van der Waals surface area contributed by atoms with Crippen molar-refractivity contribution < 1.29 is 4.79 Å². The molecule has 176 valence electrons. The van der Waals surface area contributed by atoms with E-state index in [9.17, 15) is 4.79 Å². The molecule has 0 aromatic heterocycles. The number of carbonyl (C=O) groups is 1. The Morgan fingerprint density at radius 2 is 1.25 bits per heavy atom.